The van der Waals surface area contributed by atoms with Crippen LogP contribution in [0.15, 0.2) is 66.7 Å². The second-order valence-electron chi connectivity index (χ2n) is 13.9. The number of carbonyl (C=O) groups is 5. The fourth-order valence-corrected chi connectivity index (χ4v) is 8.49. The van der Waals surface area contributed by atoms with Gasteiger partial charge in [-0.05, 0) is 61.4 Å². The molecule has 1 aliphatic rings. The molecule has 304 valence electrons. The number of primary amides is 1. The van der Waals surface area contributed by atoms with Gasteiger partial charge in [-0.2, -0.15) is 8.78 Å². The van der Waals surface area contributed by atoms with Crippen LogP contribution in [0.3, 0.4) is 0 Å². The summed E-state index contributed by atoms with van der Waals surface area (Å²) in [5, 5.41) is 13.1. The number of carbonyl (C=O) groups excluding carboxylic acids is 5. The van der Waals surface area contributed by atoms with E-state index in [2.05, 4.69) is 21.3 Å². The number of amides is 5. The molecule has 6 N–H and O–H groups in total. The molecule has 2 atom stereocenters. The van der Waals surface area contributed by atoms with E-state index in [-0.39, 0.29) is 39.0 Å². The first-order valence-corrected chi connectivity index (χ1v) is 20.5. The van der Waals surface area contributed by atoms with E-state index in [4.69, 9.17) is 14.8 Å². The first-order chi connectivity index (χ1) is 26.6. The first-order valence-electron chi connectivity index (χ1n) is 18.9. The van der Waals surface area contributed by atoms with Crippen molar-refractivity contribution in [1.29, 1.82) is 0 Å². The monoisotopic (exact) mass is 799 g/mol. The number of nitrogens with two attached hydrogens (primary N) is 1. The van der Waals surface area contributed by atoms with Crippen LogP contribution < -0.4 is 27.0 Å². The molecule has 13 nitrogen and oxygen atoms in total. The van der Waals surface area contributed by atoms with Gasteiger partial charge in [0.15, 0.2) is 0 Å². The zero-order chi connectivity index (χ0) is 40.9. The summed E-state index contributed by atoms with van der Waals surface area (Å²) in [4.78, 5) is 65.5. The molecule has 0 unspecified atom stereocenters. The lowest BCUT2D eigenvalue weighted by Gasteiger charge is -2.38. The van der Waals surface area contributed by atoms with Gasteiger partial charge in [0.2, 0.25) is 29.5 Å². The fraction of sp³-hybridized carbons (Fsp3) is 0.475. The second kappa shape index (κ2) is 19.9. The first kappa shape index (κ1) is 44.0. The lowest BCUT2D eigenvalue weighted by molar-refractivity contribution is -0.139. The van der Waals surface area contributed by atoms with Crippen LogP contribution in [0.1, 0.15) is 82.4 Å². The predicted molar refractivity (Wildman–Crippen MR) is 207 cm³/mol. The fourth-order valence-electron chi connectivity index (χ4n) is 6.95. The molecular weight excluding hydrogens is 747 g/mol. The Balaban J connectivity index is 1.46. The Kier molecular flexibility index (Phi) is 15.7. The van der Waals surface area contributed by atoms with Gasteiger partial charge in [0, 0.05) is 25.5 Å². The number of halogens is 2. The van der Waals surface area contributed by atoms with E-state index in [1.807, 2.05) is 42.5 Å². The molecular formula is C40H52F2N5O8P. The summed E-state index contributed by atoms with van der Waals surface area (Å²) in [6.07, 6.45) is 3.03. The van der Waals surface area contributed by atoms with Crippen molar-refractivity contribution >= 4 is 47.9 Å². The number of rotatable bonds is 20. The second-order valence-corrected chi connectivity index (χ2v) is 16.0. The van der Waals surface area contributed by atoms with Gasteiger partial charge in [0.1, 0.15) is 17.6 Å². The van der Waals surface area contributed by atoms with Gasteiger partial charge in [-0.25, -0.2) is 0 Å². The van der Waals surface area contributed by atoms with Crippen LogP contribution in [-0.2, 0) is 56.1 Å². The summed E-state index contributed by atoms with van der Waals surface area (Å²) in [6, 6.07) is 16.2. The predicted octanol–water partition coefficient (Wildman–Crippen LogP) is 5.13. The lowest BCUT2D eigenvalue weighted by atomic mass is 9.80. The van der Waals surface area contributed by atoms with Gasteiger partial charge in [0.05, 0.1) is 19.6 Å². The highest BCUT2D eigenvalue weighted by atomic mass is 31.2. The summed E-state index contributed by atoms with van der Waals surface area (Å²) < 4.78 is 53.3. The molecule has 56 heavy (non-hydrogen) atoms. The summed E-state index contributed by atoms with van der Waals surface area (Å²) in [5.74, 6) is -3.35. The minimum absolute atomic E-state index is 0.144. The normalized spacial score (nSPS) is 15.3. The molecule has 0 heterocycles. The molecule has 1 saturated carbocycles. The van der Waals surface area contributed by atoms with Crippen molar-refractivity contribution in [3.63, 3.8) is 0 Å². The quantitative estimate of drug-likeness (QED) is 0.0767. The van der Waals surface area contributed by atoms with Crippen molar-refractivity contribution in [1.82, 2.24) is 21.3 Å². The number of benzene rings is 3. The summed E-state index contributed by atoms with van der Waals surface area (Å²) >= 11 is 0. The molecule has 0 aliphatic heterocycles. The Hall–Kier alpha value is -4.72. The maximum atomic E-state index is 15.3. The van der Waals surface area contributed by atoms with Gasteiger partial charge in [-0.1, -0.05) is 86.0 Å². The van der Waals surface area contributed by atoms with Crippen molar-refractivity contribution in [2.75, 3.05) is 19.8 Å². The molecule has 0 saturated heterocycles. The maximum absolute atomic E-state index is 15.3. The topological polar surface area (TPSA) is 195 Å². The molecule has 0 aromatic heterocycles. The lowest BCUT2D eigenvalue weighted by Crippen LogP contribution is -2.65. The Labute approximate surface area is 325 Å². The van der Waals surface area contributed by atoms with Gasteiger partial charge in [-0.3, -0.25) is 28.5 Å². The third kappa shape index (κ3) is 11.2. The molecule has 1 aliphatic carbocycles. The van der Waals surface area contributed by atoms with E-state index in [0.29, 0.717) is 31.2 Å². The van der Waals surface area contributed by atoms with Crippen molar-refractivity contribution in [3.05, 3.63) is 83.4 Å². The van der Waals surface area contributed by atoms with E-state index >= 15 is 8.78 Å². The molecule has 3 aromatic carbocycles. The standard InChI is InChI=1S/C40H52F2N5O8P/c1-4-54-56(53,55-5-2)40(41,42)31-20-18-28(19-21-31)25-33(45-27(3)48)37(51)47-39(22-9-6-10-23-39)38(52)46-34(26-35(43)49)36(50)44-24-12-16-30-15-11-14-29-13-7-8-17-32(29)30/h7-8,11,13-15,17-21,33-34H,4-6,9-10,12,16,22-26H2,1-3H3,(H2,43,49)(H,44,50)(H,45,48)(H,46,52)(H,47,51)/t33-,34-/m0/s1. The number of fused-ring (bicyclic) bond motifs is 1. The van der Waals surface area contributed by atoms with E-state index < -0.39 is 72.4 Å². The number of hydrogen-bond donors (Lipinski definition) is 5. The van der Waals surface area contributed by atoms with Gasteiger partial charge < -0.3 is 36.0 Å². The van der Waals surface area contributed by atoms with Crippen LogP contribution in [-0.4, -0.2) is 66.9 Å². The van der Waals surface area contributed by atoms with E-state index in [9.17, 15) is 28.5 Å². The maximum Gasteiger partial charge on any atom is 0.404 e. The average molecular weight is 800 g/mol. The Morgan fingerprint density at radius 1 is 0.857 bits per heavy atom. The van der Waals surface area contributed by atoms with Crippen LogP contribution in [0.5, 0.6) is 0 Å². The molecule has 0 radical (unpaired) electrons. The Morgan fingerprint density at radius 2 is 1.50 bits per heavy atom. The number of hydrogen-bond acceptors (Lipinski definition) is 8. The van der Waals surface area contributed by atoms with Crippen molar-refractivity contribution in [2.24, 2.45) is 5.73 Å². The highest BCUT2D eigenvalue weighted by molar-refractivity contribution is 7.54. The molecule has 0 bridgehead atoms. The Morgan fingerprint density at radius 3 is 2.12 bits per heavy atom. The number of nitrogens with one attached hydrogen (secondary N) is 4. The zero-order valence-electron chi connectivity index (χ0n) is 32.0. The van der Waals surface area contributed by atoms with Crippen LogP contribution >= 0.6 is 7.60 Å². The molecule has 5 amide bonds. The molecule has 3 aromatic rings. The van der Waals surface area contributed by atoms with Crippen molar-refractivity contribution < 1.29 is 46.4 Å². The third-order valence-corrected chi connectivity index (χ3v) is 11.9. The van der Waals surface area contributed by atoms with Crippen LogP contribution in [0, 0.1) is 0 Å². The van der Waals surface area contributed by atoms with Crippen molar-refractivity contribution in [2.45, 2.75) is 102 Å². The van der Waals surface area contributed by atoms with Crippen molar-refractivity contribution in [3.8, 4) is 0 Å². The van der Waals surface area contributed by atoms with Crippen LogP contribution in [0.4, 0.5) is 8.78 Å². The molecule has 1 fully saturated rings. The Bertz CT molecular complexity index is 1890. The highest BCUT2D eigenvalue weighted by Crippen LogP contribution is 2.66. The minimum atomic E-state index is -4.85. The van der Waals surface area contributed by atoms with E-state index in [1.54, 1.807) is 0 Å². The molecule has 16 heteroatoms. The van der Waals surface area contributed by atoms with Gasteiger partial charge in [-0.15, -0.1) is 0 Å². The van der Waals surface area contributed by atoms with Gasteiger partial charge in [0.25, 0.3) is 0 Å². The molecule has 0 spiro atoms. The minimum Gasteiger partial charge on any atom is -0.370 e. The van der Waals surface area contributed by atoms with E-state index in [1.165, 1.54) is 32.9 Å². The number of alkyl halides is 2. The summed E-state index contributed by atoms with van der Waals surface area (Å²) in [5.41, 5.74) is 0.904. The third-order valence-electron chi connectivity index (χ3n) is 9.71. The molecule has 4 rings (SSSR count). The summed E-state index contributed by atoms with van der Waals surface area (Å²) in [7, 11) is -4.85. The zero-order valence-corrected chi connectivity index (χ0v) is 32.9. The van der Waals surface area contributed by atoms with Crippen LogP contribution in [0.25, 0.3) is 10.8 Å². The van der Waals surface area contributed by atoms with E-state index in [0.717, 1.165) is 34.9 Å². The van der Waals surface area contributed by atoms with Crippen LogP contribution in [0.2, 0.25) is 0 Å². The number of aryl methyl sites for hydroxylation is 1. The smallest absolute Gasteiger partial charge is 0.370 e. The largest absolute Gasteiger partial charge is 0.404 e. The van der Waals surface area contributed by atoms with Gasteiger partial charge >= 0.3 is 13.3 Å². The summed E-state index contributed by atoms with van der Waals surface area (Å²) in [6.45, 7) is 3.80. The average Bonchev–Trinajstić information content (AvgIpc) is 3.16. The SMILES string of the molecule is CCOP(=O)(OCC)C(F)(F)c1ccc(C[C@H](NC(C)=O)C(=O)NC2(C(=O)N[C@@H](CC(N)=O)C(=O)NCCCc3cccc4ccccc34)CCCCC2)cc1. The highest BCUT2D eigenvalue weighted by Gasteiger charge is 2.54.